The number of methoxy groups -OCH3 is 2. The Morgan fingerprint density at radius 2 is 2.00 bits per heavy atom. The summed E-state index contributed by atoms with van der Waals surface area (Å²) in [6.45, 7) is 4.00. The minimum atomic E-state index is -0.242. The van der Waals surface area contributed by atoms with Gasteiger partial charge in [-0.05, 0) is 31.0 Å². The Morgan fingerprint density at radius 1 is 1.16 bits per heavy atom. The molecule has 0 unspecified atom stereocenters. The zero-order chi connectivity index (χ0) is 22.2. The predicted octanol–water partition coefficient (Wildman–Crippen LogP) is 4.86. The van der Waals surface area contributed by atoms with Crippen molar-refractivity contribution >= 4 is 22.8 Å². The van der Waals surface area contributed by atoms with Crippen LogP contribution >= 0.6 is 0 Å². The highest BCUT2D eigenvalue weighted by Gasteiger charge is 2.20. The molecule has 8 nitrogen and oxygen atoms in total. The smallest absolute Gasteiger partial charge is 0.255 e. The van der Waals surface area contributed by atoms with Crippen molar-refractivity contribution < 1.29 is 18.7 Å². The van der Waals surface area contributed by atoms with Crippen molar-refractivity contribution in [1.82, 2.24) is 15.0 Å². The number of hydrogen-bond acceptors (Lipinski definition) is 7. The number of nitrogens with one attached hydrogen (secondary N) is 1. The van der Waals surface area contributed by atoms with E-state index in [2.05, 4.69) is 20.3 Å². The molecule has 1 N–H and O–H groups in total. The molecule has 0 aliphatic heterocycles. The van der Waals surface area contributed by atoms with Crippen molar-refractivity contribution in [3.63, 3.8) is 0 Å². The average Bonchev–Trinajstić information content (AvgIpc) is 3.13. The molecule has 0 bridgehead atoms. The van der Waals surface area contributed by atoms with Gasteiger partial charge in [0.1, 0.15) is 5.76 Å². The summed E-state index contributed by atoms with van der Waals surface area (Å²) in [5.41, 5.74) is 2.85. The van der Waals surface area contributed by atoms with Gasteiger partial charge in [0.25, 0.3) is 5.91 Å². The number of ether oxygens (including phenoxy) is 2. The molecule has 0 saturated carbocycles. The highest BCUT2D eigenvalue weighted by molar-refractivity contribution is 6.04. The zero-order valence-corrected chi connectivity index (χ0v) is 18.1. The molecule has 1 aliphatic carbocycles. The highest BCUT2D eigenvalue weighted by Crippen LogP contribution is 2.27. The van der Waals surface area contributed by atoms with E-state index in [0.717, 1.165) is 18.6 Å². The van der Waals surface area contributed by atoms with E-state index in [1.165, 1.54) is 0 Å². The van der Waals surface area contributed by atoms with Gasteiger partial charge in [-0.2, -0.15) is 4.98 Å². The van der Waals surface area contributed by atoms with E-state index in [9.17, 15) is 4.79 Å². The Bertz CT molecular complexity index is 1080. The zero-order valence-electron chi connectivity index (χ0n) is 18.1. The van der Waals surface area contributed by atoms with Gasteiger partial charge in [0.05, 0.1) is 43.0 Å². The van der Waals surface area contributed by atoms with Crippen LogP contribution in [0.15, 0.2) is 64.4 Å². The number of carbonyl (C=O) groups is 1. The number of aromatic nitrogens is 3. The standard InChI is InChI=1S/C21H20N4O4.C2H6/c1-27-15-5-3-6-16(18(10-15)28-2)20(26)24-14-9-13(11-22-12-14)21-25-19-17(29-21)7-4-8-23-19;1-2/h4,7-12H,3,5-6H2,1-2H3,(H,24,26);1-2H3. The van der Waals surface area contributed by atoms with Gasteiger partial charge >= 0.3 is 0 Å². The van der Waals surface area contributed by atoms with Crippen molar-refractivity contribution in [3.8, 4) is 11.5 Å². The lowest BCUT2D eigenvalue weighted by Gasteiger charge is -2.11. The maximum atomic E-state index is 12.9. The summed E-state index contributed by atoms with van der Waals surface area (Å²) in [5.74, 6) is 1.44. The molecule has 1 aliphatic rings. The number of fused-ring (bicyclic) bond motifs is 1. The van der Waals surface area contributed by atoms with Gasteiger partial charge in [0.2, 0.25) is 5.89 Å². The molecule has 0 atom stereocenters. The summed E-state index contributed by atoms with van der Waals surface area (Å²) >= 11 is 0. The third-order valence-corrected chi connectivity index (χ3v) is 4.60. The molecular formula is C23H26N4O4. The summed E-state index contributed by atoms with van der Waals surface area (Å²) in [6.07, 6.45) is 8.75. The van der Waals surface area contributed by atoms with Crippen LogP contribution in [0.1, 0.15) is 33.1 Å². The number of amides is 1. The van der Waals surface area contributed by atoms with E-state index in [1.54, 1.807) is 57.1 Å². The molecule has 31 heavy (non-hydrogen) atoms. The van der Waals surface area contributed by atoms with Gasteiger partial charge in [0, 0.05) is 24.9 Å². The monoisotopic (exact) mass is 422 g/mol. The molecule has 3 aromatic rings. The van der Waals surface area contributed by atoms with Crippen LogP contribution in [0, 0.1) is 0 Å². The topological polar surface area (TPSA) is 99.4 Å². The number of anilines is 1. The molecule has 3 aromatic heterocycles. The van der Waals surface area contributed by atoms with Crippen molar-refractivity contribution in [3.05, 3.63) is 60.0 Å². The molecule has 1 amide bonds. The Labute approximate surface area is 181 Å². The van der Waals surface area contributed by atoms with E-state index in [1.807, 2.05) is 13.8 Å². The molecule has 0 spiro atoms. The number of pyridine rings is 2. The van der Waals surface area contributed by atoms with Gasteiger partial charge in [-0.15, -0.1) is 0 Å². The van der Waals surface area contributed by atoms with Crippen LogP contribution < -0.4 is 5.32 Å². The van der Waals surface area contributed by atoms with E-state index in [4.69, 9.17) is 13.9 Å². The van der Waals surface area contributed by atoms with Gasteiger partial charge in [-0.25, -0.2) is 4.98 Å². The third kappa shape index (κ3) is 5.09. The van der Waals surface area contributed by atoms with E-state index in [0.29, 0.717) is 46.1 Å². The summed E-state index contributed by atoms with van der Waals surface area (Å²) < 4.78 is 16.5. The highest BCUT2D eigenvalue weighted by atomic mass is 16.5. The first kappa shape index (κ1) is 22.0. The molecule has 4 rings (SSSR count). The summed E-state index contributed by atoms with van der Waals surface area (Å²) in [7, 11) is 3.16. The van der Waals surface area contributed by atoms with Crippen molar-refractivity contribution in [2.45, 2.75) is 33.1 Å². The summed E-state index contributed by atoms with van der Waals surface area (Å²) in [4.78, 5) is 25.6. The number of carbonyl (C=O) groups excluding carboxylic acids is 1. The van der Waals surface area contributed by atoms with Crippen LogP contribution in [0.4, 0.5) is 5.69 Å². The van der Waals surface area contributed by atoms with Crippen LogP contribution in [-0.4, -0.2) is 35.1 Å². The van der Waals surface area contributed by atoms with Crippen LogP contribution in [0.25, 0.3) is 22.7 Å². The largest absolute Gasteiger partial charge is 0.501 e. The molecule has 0 radical (unpaired) electrons. The summed E-state index contributed by atoms with van der Waals surface area (Å²) in [5, 5.41) is 2.89. The summed E-state index contributed by atoms with van der Waals surface area (Å²) in [6, 6.07) is 5.34. The molecular weight excluding hydrogens is 396 g/mol. The Hall–Kier alpha value is -3.68. The second-order valence-corrected chi connectivity index (χ2v) is 6.48. The van der Waals surface area contributed by atoms with E-state index >= 15 is 0 Å². The molecule has 0 aromatic carbocycles. The van der Waals surface area contributed by atoms with Crippen LogP contribution in [0.3, 0.4) is 0 Å². The first-order chi connectivity index (χ1) is 15.2. The van der Waals surface area contributed by atoms with Gasteiger partial charge in [0.15, 0.2) is 11.2 Å². The minimum absolute atomic E-state index is 0.242. The molecule has 3 heterocycles. The molecule has 0 saturated heterocycles. The van der Waals surface area contributed by atoms with Crippen LogP contribution in [0.2, 0.25) is 0 Å². The quantitative estimate of drug-likeness (QED) is 0.626. The normalized spacial score (nSPS) is 13.6. The Kier molecular flexibility index (Phi) is 7.37. The average molecular weight is 422 g/mol. The second kappa shape index (κ2) is 10.4. The van der Waals surface area contributed by atoms with Gasteiger partial charge in [-0.3, -0.25) is 9.78 Å². The minimum Gasteiger partial charge on any atom is -0.501 e. The second-order valence-electron chi connectivity index (χ2n) is 6.48. The lowest BCUT2D eigenvalue weighted by atomic mass is 10.1. The third-order valence-electron chi connectivity index (χ3n) is 4.60. The lowest BCUT2D eigenvalue weighted by Crippen LogP contribution is -2.16. The molecule has 0 fully saturated rings. The Balaban J connectivity index is 0.00000132. The first-order valence-corrected chi connectivity index (χ1v) is 10.2. The Morgan fingerprint density at radius 3 is 2.74 bits per heavy atom. The maximum absolute atomic E-state index is 12.9. The van der Waals surface area contributed by atoms with Crippen molar-refractivity contribution in [1.29, 1.82) is 0 Å². The van der Waals surface area contributed by atoms with Crippen molar-refractivity contribution in [2.24, 2.45) is 0 Å². The number of hydrogen-bond donors (Lipinski definition) is 1. The van der Waals surface area contributed by atoms with Crippen LogP contribution in [0.5, 0.6) is 0 Å². The number of nitrogens with zero attached hydrogens (tertiary/aromatic N) is 3. The molecule has 8 heteroatoms. The maximum Gasteiger partial charge on any atom is 0.255 e. The lowest BCUT2D eigenvalue weighted by molar-refractivity contribution is -0.113. The fourth-order valence-electron chi connectivity index (χ4n) is 3.16. The number of oxazole rings is 1. The SMILES string of the molecule is CC.COC1=CC(OC)=C(C(=O)Nc2cncc(-c3nc4ncccc4o3)c2)CCC1. The first-order valence-electron chi connectivity index (χ1n) is 10.2. The van der Waals surface area contributed by atoms with Gasteiger partial charge in [-0.1, -0.05) is 13.8 Å². The van der Waals surface area contributed by atoms with E-state index < -0.39 is 0 Å². The molecule has 162 valence electrons. The number of allylic oxidation sites excluding steroid dienone is 2. The van der Waals surface area contributed by atoms with E-state index in [-0.39, 0.29) is 5.91 Å². The number of rotatable bonds is 5. The van der Waals surface area contributed by atoms with Crippen LogP contribution in [-0.2, 0) is 14.3 Å². The fourth-order valence-corrected chi connectivity index (χ4v) is 3.16. The van der Waals surface area contributed by atoms with Gasteiger partial charge < -0.3 is 19.2 Å². The fraction of sp³-hybridized carbons (Fsp3) is 0.304. The van der Waals surface area contributed by atoms with Crippen molar-refractivity contribution in [2.75, 3.05) is 19.5 Å². The predicted molar refractivity (Wildman–Crippen MR) is 118 cm³/mol.